The van der Waals surface area contributed by atoms with Gasteiger partial charge in [-0.05, 0) is 35.9 Å². The van der Waals surface area contributed by atoms with E-state index >= 15 is 0 Å². The first-order chi connectivity index (χ1) is 12.1. The first kappa shape index (κ1) is 17.1. The molecule has 0 bridgehead atoms. The Morgan fingerprint density at radius 1 is 1.04 bits per heavy atom. The van der Waals surface area contributed by atoms with Crippen molar-refractivity contribution in [3.8, 4) is 0 Å². The number of carbonyl (C=O) groups excluding carboxylic acids is 1. The molecular weight excluding hydrogens is 361 g/mol. The molecule has 8 heteroatoms. The van der Waals surface area contributed by atoms with Crippen LogP contribution in [0.1, 0.15) is 15.9 Å². The molecule has 0 aliphatic carbocycles. The molecule has 0 atom stereocenters. The van der Waals surface area contributed by atoms with Crippen molar-refractivity contribution in [3.05, 3.63) is 76.3 Å². The topological polar surface area (TPSA) is 79.8 Å². The lowest BCUT2D eigenvalue weighted by atomic mass is 10.2. The molecule has 0 saturated heterocycles. The van der Waals surface area contributed by atoms with Crippen molar-refractivity contribution in [1.82, 2.24) is 20.3 Å². The Morgan fingerprint density at radius 2 is 1.76 bits per heavy atom. The summed E-state index contributed by atoms with van der Waals surface area (Å²) in [5.74, 6) is 0.0720. The summed E-state index contributed by atoms with van der Waals surface area (Å²) in [6.07, 6.45) is 6.24. The molecule has 1 aromatic carbocycles. The smallest absolute Gasteiger partial charge is 0.254 e. The highest BCUT2D eigenvalue weighted by Gasteiger charge is 2.08. The summed E-state index contributed by atoms with van der Waals surface area (Å²) in [5, 5.41) is 6.76. The lowest BCUT2D eigenvalue weighted by Crippen LogP contribution is -2.23. The van der Waals surface area contributed by atoms with Crippen LogP contribution in [0.15, 0.2) is 55.1 Å². The van der Waals surface area contributed by atoms with E-state index in [1.165, 1.54) is 12.4 Å². The number of nitrogens with one attached hydrogen (secondary N) is 2. The second kappa shape index (κ2) is 7.92. The Bertz CT molecular complexity index is 872. The van der Waals surface area contributed by atoms with Gasteiger partial charge in [-0.1, -0.05) is 23.2 Å². The van der Waals surface area contributed by atoms with Gasteiger partial charge in [0.25, 0.3) is 5.91 Å². The van der Waals surface area contributed by atoms with Gasteiger partial charge in [0, 0.05) is 36.4 Å². The first-order valence-electron chi connectivity index (χ1n) is 7.33. The Kier molecular flexibility index (Phi) is 5.42. The lowest BCUT2D eigenvalue weighted by Gasteiger charge is -2.08. The molecule has 0 aliphatic heterocycles. The summed E-state index contributed by atoms with van der Waals surface area (Å²) in [6, 6.07) is 8.71. The maximum Gasteiger partial charge on any atom is 0.254 e. The van der Waals surface area contributed by atoms with Crippen molar-refractivity contribution in [2.24, 2.45) is 0 Å². The van der Waals surface area contributed by atoms with E-state index in [9.17, 15) is 4.79 Å². The second-order valence-electron chi connectivity index (χ2n) is 5.08. The van der Waals surface area contributed by atoms with E-state index in [2.05, 4.69) is 25.6 Å². The zero-order valence-electron chi connectivity index (χ0n) is 12.9. The fourth-order valence-electron chi connectivity index (χ4n) is 2.01. The summed E-state index contributed by atoms with van der Waals surface area (Å²) < 4.78 is 0. The van der Waals surface area contributed by atoms with E-state index in [0.29, 0.717) is 33.8 Å². The predicted octanol–water partition coefficient (Wildman–Crippen LogP) is 3.85. The molecule has 1 amide bonds. The zero-order chi connectivity index (χ0) is 17.6. The summed E-state index contributed by atoms with van der Waals surface area (Å²) >= 11 is 11.9. The number of pyridine rings is 1. The van der Waals surface area contributed by atoms with Gasteiger partial charge < -0.3 is 10.6 Å². The number of halogens is 2. The Labute approximate surface area is 154 Å². The maximum absolute atomic E-state index is 12.1. The number of hydrogen-bond donors (Lipinski definition) is 2. The minimum absolute atomic E-state index is 0.257. The standard InChI is InChI=1S/C17H13Cl2N5O/c18-13-1-2-15(14(19)7-13)24-17-22-9-12(10-23-17)16(25)21-8-11-3-5-20-6-4-11/h1-7,9-10H,8H2,(H,21,25)(H,22,23,24). The van der Waals surface area contributed by atoms with Crippen molar-refractivity contribution in [2.75, 3.05) is 5.32 Å². The molecule has 3 aromatic rings. The maximum atomic E-state index is 12.1. The Hall–Kier alpha value is -2.70. The number of nitrogens with zero attached hydrogens (tertiary/aromatic N) is 3. The summed E-state index contributed by atoms with van der Waals surface area (Å²) in [6.45, 7) is 0.405. The fourth-order valence-corrected chi connectivity index (χ4v) is 2.46. The van der Waals surface area contributed by atoms with Gasteiger partial charge in [-0.25, -0.2) is 9.97 Å². The largest absolute Gasteiger partial charge is 0.348 e. The van der Waals surface area contributed by atoms with Crippen molar-refractivity contribution in [2.45, 2.75) is 6.54 Å². The van der Waals surface area contributed by atoms with E-state index in [1.807, 2.05) is 12.1 Å². The van der Waals surface area contributed by atoms with E-state index in [4.69, 9.17) is 23.2 Å². The summed E-state index contributed by atoms with van der Waals surface area (Å²) in [5.41, 5.74) is 1.95. The van der Waals surface area contributed by atoms with Crippen LogP contribution >= 0.6 is 23.2 Å². The van der Waals surface area contributed by atoms with Gasteiger partial charge in [0.05, 0.1) is 16.3 Å². The van der Waals surface area contributed by atoms with Crippen molar-refractivity contribution < 1.29 is 4.79 Å². The van der Waals surface area contributed by atoms with Crippen molar-refractivity contribution >= 4 is 40.7 Å². The molecule has 3 rings (SSSR count). The lowest BCUT2D eigenvalue weighted by molar-refractivity contribution is 0.0950. The average Bonchev–Trinajstić information content (AvgIpc) is 2.63. The third-order valence-electron chi connectivity index (χ3n) is 3.29. The highest BCUT2D eigenvalue weighted by atomic mass is 35.5. The van der Waals surface area contributed by atoms with Crippen molar-refractivity contribution in [3.63, 3.8) is 0 Å². The molecule has 0 fully saturated rings. The molecule has 0 radical (unpaired) electrons. The Morgan fingerprint density at radius 3 is 2.44 bits per heavy atom. The van der Waals surface area contributed by atoms with E-state index in [1.54, 1.807) is 30.6 Å². The predicted molar refractivity (Wildman–Crippen MR) is 97.2 cm³/mol. The van der Waals surface area contributed by atoms with Crippen LogP contribution in [-0.2, 0) is 6.54 Å². The van der Waals surface area contributed by atoms with Crippen LogP contribution in [0.2, 0.25) is 10.0 Å². The number of aromatic nitrogens is 3. The molecule has 0 saturated carbocycles. The number of rotatable bonds is 5. The number of hydrogen-bond acceptors (Lipinski definition) is 5. The van der Waals surface area contributed by atoms with Crippen molar-refractivity contribution in [1.29, 1.82) is 0 Å². The number of amides is 1. The van der Waals surface area contributed by atoms with E-state index in [0.717, 1.165) is 5.56 Å². The number of anilines is 2. The van der Waals surface area contributed by atoms with Crippen LogP contribution in [0, 0.1) is 0 Å². The van der Waals surface area contributed by atoms with Crippen LogP contribution in [0.4, 0.5) is 11.6 Å². The molecule has 126 valence electrons. The van der Waals surface area contributed by atoms with Gasteiger partial charge in [0.1, 0.15) is 0 Å². The van der Waals surface area contributed by atoms with E-state index < -0.39 is 0 Å². The molecule has 0 spiro atoms. The SMILES string of the molecule is O=C(NCc1ccncc1)c1cnc(Nc2ccc(Cl)cc2Cl)nc1. The number of carbonyl (C=O) groups is 1. The van der Waals surface area contributed by atoms with Crippen LogP contribution in [0.25, 0.3) is 0 Å². The molecule has 2 aromatic heterocycles. The molecular formula is C17H13Cl2N5O. The van der Waals surface area contributed by atoms with Crippen LogP contribution in [0.3, 0.4) is 0 Å². The molecule has 0 unspecified atom stereocenters. The molecule has 25 heavy (non-hydrogen) atoms. The van der Waals surface area contributed by atoms with Gasteiger partial charge in [0.2, 0.25) is 5.95 Å². The van der Waals surface area contributed by atoms with Gasteiger partial charge in [-0.15, -0.1) is 0 Å². The number of benzene rings is 1. The molecule has 6 nitrogen and oxygen atoms in total. The molecule has 2 heterocycles. The first-order valence-corrected chi connectivity index (χ1v) is 8.08. The summed E-state index contributed by atoms with van der Waals surface area (Å²) in [7, 11) is 0. The van der Waals surface area contributed by atoms with Gasteiger partial charge in [-0.3, -0.25) is 9.78 Å². The quantitative estimate of drug-likeness (QED) is 0.709. The van der Waals surface area contributed by atoms with Crippen LogP contribution < -0.4 is 10.6 Å². The zero-order valence-corrected chi connectivity index (χ0v) is 14.4. The minimum Gasteiger partial charge on any atom is -0.348 e. The Balaban J connectivity index is 1.62. The highest BCUT2D eigenvalue weighted by Crippen LogP contribution is 2.27. The highest BCUT2D eigenvalue weighted by molar-refractivity contribution is 6.36. The monoisotopic (exact) mass is 373 g/mol. The van der Waals surface area contributed by atoms with Crippen LogP contribution in [0.5, 0.6) is 0 Å². The normalized spacial score (nSPS) is 10.3. The van der Waals surface area contributed by atoms with Crippen LogP contribution in [-0.4, -0.2) is 20.9 Å². The van der Waals surface area contributed by atoms with E-state index in [-0.39, 0.29) is 5.91 Å². The average molecular weight is 374 g/mol. The van der Waals surface area contributed by atoms with Gasteiger partial charge >= 0.3 is 0 Å². The third-order valence-corrected chi connectivity index (χ3v) is 3.84. The minimum atomic E-state index is -0.257. The molecule has 0 aliphatic rings. The van der Waals surface area contributed by atoms with Gasteiger partial charge in [-0.2, -0.15) is 0 Å². The second-order valence-corrected chi connectivity index (χ2v) is 5.93. The third kappa shape index (κ3) is 4.65. The fraction of sp³-hybridized carbons (Fsp3) is 0.0588. The molecule has 2 N–H and O–H groups in total. The van der Waals surface area contributed by atoms with Gasteiger partial charge in [0.15, 0.2) is 0 Å². The summed E-state index contributed by atoms with van der Waals surface area (Å²) in [4.78, 5) is 24.3.